The number of thiophene rings is 1. The lowest BCUT2D eigenvalue weighted by atomic mass is 10.2. The van der Waals surface area contributed by atoms with Crippen molar-refractivity contribution in [2.45, 2.75) is 19.5 Å². The molecule has 0 saturated heterocycles. The van der Waals surface area contributed by atoms with E-state index >= 15 is 0 Å². The SMILES string of the molecule is CC(NCc1ccc(-c2ccc(Cl)cc2)o1)c1cccs1. The Labute approximate surface area is 133 Å². The molecule has 2 nitrogen and oxygen atoms in total. The van der Waals surface area contributed by atoms with E-state index in [1.807, 2.05) is 36.4 Å². The Hall–Kier alpha value is -1.55. The van der Waals surface area contributed by atoms with Crippen LogP contribution in [0.3, 0.4) is 0 Å². The van der Waals surface area contributed by atoms with Crippen molar-refractivity contribution >= 4 is 22.9 Å². The molecule has 3 rings (SSSR count). The first kappa shape index (κ1) is 14.4. The Bertz CT molecular complexity index is 688. The third-order valence-electron chi connectivity index (χ3n) is 3.34. The molecule has 1 unspecified atom stereocenters. The Morgan fingerprint density at radius 1 is 1.14 bits per heavy atom. The van der Waals surface area contributed by atoms with Gasteiger partial charge >= 0.3 is 0 Å². The maximum atomic E-state index is 5.90. The maximum absolute atomic E-state index is 5.90. The standard InChI is InChI=1S/C17H16ClNOS/c1-12(17-3-2-10-21-17)19-11-15-8-9-16(20-15)13-4-6-14(18)7-5-13/h2-10,12,19H,11H2,1H3. The minimum atomic E-state index is 0.328. The third kappa shape index (κ3) is 3.56. The molecule has 0 saturated carbocycles. The largest absolute Gasteiger partial charge is 0.460 e. The zero-order valence-electron chi connectivity index (χ0n) is 11.7. The molecular weight excluding hydrogens is 302 g/mol. The Kier molecular flexibility index (Phi) is 4.44. The van der Waals surface area contributed by atoms with E-state index in [0.717, 1.165) is 22.1 Å². The first-order valence-corrected chi connectivity index (χ1v) is 8.09. The lowest BCUT2D eigenvalue weighted by molar-refractivity contribution is 0.470. The van der Waals surface area contributed by atoms with Crippen LogP contribution in [0, 0.1) is 0 Å². The van der Waals surface area contributed by atoms with Crippen molar-refractivity contribution in [2.24, 2.45) is 0 Å². The van der Waals surface area contributed by atoms with Gasteiger partial charge in [-0.1, -0.05) is 17.7 Å². The summed E-state index contributed by atoms with van der Waals surface area (Å²) >= 11 is 7.66. The second-order valence-electron chi connectivity index (χ2n) is 4.89. The second kappa shape index (κ2) is 6.48. The van der Waals surface area contributed by atoms with Crippen molar-refractivity contribution in [3.8, 4) is 11.3 Å². The summed E-state index contributed by atoms with van der Waals surface area (Å²) in [7, 11) is 0. The van der Waals surface area contributed by atoms with Crippen LogP contribution < -0.4 is 5.32 Å². The first-order valence-electron chi connectivity index (χ1n) is 6.84. The molecule has 0 fully saturated rings. The van der Waals surface area contributed by atoms with Crippen LogP contribution >= 0.6 is 22.9 Å². The first-order chi connectivity index (χ1) is 10.2. The van der Waals surface area contributed by atoms with Gasteiger partial charge in [0.15, 0.2) is 0 Å². The van der Waals surface area contributed by atoms with Gasteiger partial charge < -0.3 is 9.73 Å². The van der Waals surface area contributed by atoms with Gasteiger partial charge in [0, 0.05) is 21.5 Å². The van der Waals surface area contributed by atoms with Crippen LogP contribution in [0.5, 0.6) is 0 Å². The van der Waals surface area contributed by atoms with Gasteiger partial charge in [-0.2, -0.15) is 0 Å². The minimum Gasteiger partial charge on any atom is -0.460 e. The number of rotatable bonds is 5. The minimum absolute atomic E-state index is 0.328. The molecule has 0 radical (unpaired) electrons. The number of hydrogen-bond donors (Lipinski definition) is 1. The fraction of sp³-hybridized carbons (Fsp3) is 0.176. The molecule has 0 aliphatic carbocycles. The Balaban J connectivity index is 1.64. The van der Waals surface area contributed by atoms with Gasteiger partial charge in [-0.15, -0.1) is 11.3 Å². The topological polar surface area (TPSA) is 25.2 Å². The highest BCUT2D eigenvalue weighted by molar-refractivity contribution is 7.10. The average molecular weight is 318 g/mol. The van der Waals surface area contributed by atoms with Crippen molar-refractivity contribution in [1.82, 2.24) is 5.32 Å². The molecule has 0 aliphatic rings. The summed E-state index contributed by atoms with van der Waals surface area (Å²) in [5.41, 5.74) is 1.04. The van der Waals surface area contributed by atoms with Crippen LogP contribution in [0.25, 0.3) is 11.3 Å². The van der Waals surface area contributed by atoms with Crippen molar-refractivity contribution in [3.63, 3.8) is 0 Å². The lowest BCUT2D eigenvalue weighted by Crippen LogP contribution is -2.16. The molecular formula is C17H16ClNOS. The van der Waals surface area contributed by atoms with E-state index in [4.69, 9.17) is 16.0 Å². The van der Waals surface area contributed by atoms with Crippen LogP contribution in [-0.2, 0) is 6.54 Å². The molecule has 108 valence electrons. The van der Waals surface area contributed by atoms with Gasteiger partial charge in [0.1, 0.15) is 11.5 Å². The monoisotopic (exact) mass is 317 g/mol. The summed E-state index contributed by atoms with van der Waals surface area (Å²) in [6.45, 7) is 2.88. The summed E-state index contributed by atoms with van der Waals surface area (Å²) in [4.78, 5) is 1.33. The highest BCUT2D eigenvalue weighted by Gasteiger charge is 2.08. The zero-order valence-corrected chi connectivity index (χ0v) is 13.2. The second-order valence-corrected chi connectivity index (χ2v) is 6.31. The zero-order chi connectivity index (χ0) is 14.7. The highest BCUT2D eigenvalue weighted by atomic mass is 35.5. The van der Waals surface area contributed by atoms with Crippen molar-refractivity contribution in [2.75, 3.05) is 0 Å². The molecule has 0 bridgehead atoms. The van der Waals surface area contributed by atoms with E-state index in [9.17, 15) is 0 Å². The smallest absolute Gasteiger partial charge is 0.134 e. The van der Waals surface area contributed by atoms with Crippen LogP contribution in [0.4, 0.5) is 0 Å². The van der Waals surface area contributed by atoms with E-state index in [1.54, 1.807) is 11.3 Å². The molecule has 0 aliphatic heterocycles. The predicted octanol–water partition coefficient (Wildman–Crippen LogP) is 5.51. The molecule has 1 atom stereocenters. The van der Waals surface area contributed by atoms with Gasteiger partial charge in [0.05, 0.1) is 6.54 Å². The Morgan fingerprint density at radius 2 is 1.95 bits per heavy atom. The van der Waals surface area contributed by atoms with E-state index in [1.165, 1.54) is 4.88 Å². The van der Waals surface area contributed by atoms with Gasteiger partial charge in [0.25, 0.3) is 0 Å². The molecule has 1 N–H and O–H groups in total. The molecule has 21 heavy (non-hydrogen) atoms. The fourth-order valence-electron chi connectivity index (χ4n) is 2.13. The molecule has 3 aromatic rings. The molecule has 0 amide bonds. The molecule has 1 aromatic carbocycles. The van der Waals surface area contributed by atoms with Crippen LogP contribution in [-0.4, -0.2) is 0 Å². The molecule has 4 heteroatoms. The highest BCUT2D eigenvalue weighted by Crippen LogP contribution is 2.24. The molecule has 0 spiro atoms. The summed E-state index contributed by atoms with van der Waals surface area (Å²) in [5, 5.41) is 6.30. The fourth-order valence-corrected chi connectivity index (χ4v) is 3.02. The number of benzene rings is 1. The van der Waals surface area contributed by atoms with Crippen LogP contribution in [0.1, 0.15) is 23.6 Å². The van der Waals surface area contributed by atoms with Gasteiger partial charge in [-0.05, 0) is 54.8 Å². The normalized spacial score (nSPS) is 12.5. The predicted molar refractivity (Wildman–Crippen MR) is 88.7 cm³/mol. The number of nitrogens with one attached hydrogen (secondary N) is 1. The van der Waals surface area contributed by atoms with Crippen LogP contribution in [0.2, 0.25) is 5.02 Å². The lowest BCUT2D eigenvalue weighted by Gasteiger charge is -2.10. The summed E-state index contributed by atoms with van der Waals surface area (Å²) in [5.74, 6) is 1.80. The van der Waals surface area contributed by atoms with E-state index in [-0.39, 0.29) is 0 Å². The summed E-state index contributed by atoms with van der Waals surface area (Å²) in [6.07, 6.45) is 0. The Morgan fingerprint density at radius 3 is 2.67 bits per heavy atom. The number of furan rings is 1. The average Bonchev–Trinajstić information content (AvgIpc) is 3.17. The summed E-state index contributed by atoms with van der Waals surface area (Å²) in [6, 6.07) is 16.2. The van der Waals surface area contributed by atoms with Crippen molar-refractivity contribution in [1.29, 1.82) is 0 Å². The van der Waals surface area contributed by atoms with Gasteiger partial charge in [0.2, 0.25) is 0 Å². The number of hydrogen-bond acceptors (Lipinski definition) is 3. The van der Waals surface area contributed by atoms with Crippen molar-refractivity contribution < 1.29 is 4.42 Å². The van der Waals surface area contributed by atoms with E-state index in [0.29, 0.717) is 12.6 Å². The van der Waals surface area contributed by atoms with E-state index < -0.39 is 0 Å². The van der Waals surface area contributed by atoms with E-state index in [2.05, 4.69) is 29.8 Å². The van der Waals surface area contributed by atoms with Crippen molar-refractivity contribution in [3.05, 3.63) is 69.6 Å². The maximum Gasteiger partial charge on any atom is 0.134 e. The number of halogens is 1. The molecule has 2 aromatic heterocycles. The quantitative estimate of drug-likeness (QED) is 0.671. The van der Waals surface area contributed by atoms with Crippen LogP contribution in [0.15, 0.2) is 58.3 Å². The van der Waals surface area contributed by atoms with Gasteiger partial charge in [-0.3, -0.25) is 0 Å². The molecule has 2 heterocycles. The van der Waals surface area contributed by atoms with Gasteiger partial charge in [-0.25, -0.2) is 0 Å². The third-order valence-corrected chi connectivity index (χ3v) is 4.65. The summed E-state index contributed by atoms with van der Waals surface area (Å²) < 4.78 is 5.88.